The Morgan fingerprint density at radius 3 is 2.45 bits per heavy atom. The van der Waals surface area contributed by atoms with Gasteiger partial charge in [-0.15, -0.1) is 11.3 Å². The monoisotopic (exact) mass is 321 g/mol. The first-order valence-corrected chi connectivity index (χ1v) is 8.86. The minimum absolute atomic E-state index is 0.0272. The molecule has 1 atom stereocenters. The van der Waals surface area contributed by atoms with Crippen LogP contribution in [0.25, 0.3) is 0 Å². The maximum absolute atomic E-state index is 12.4. The van der Waals surface area contributed by atoms with Gasteiger partial charge in [0.05, 0.1) is 4.88 Å². The van der Waals surface area contributed by atoms with Gasteiger partial charge in [0.2, 0.25) is 0 Å². The van der Waals surface area contributed by atoms with Crippen LogP contribution in [0.4, 0.5) is 4.79 Å². The molecule has 3 heterocycles. The smallest absolute Gasteiger partial charge is 0.317 e. The SMILES string of the molecule is CNC(=O)N1CCC(C2CCN(C(=O)c3cccs3)C2)CC1. The molecular weight excluding hydrogens is 298 g/mol. The van der Waals surface area contributed by atoms with Crippen LogP contribution in [0.3, 0.4) is 0 Å². The summed E-state index contributed by atoms with van der Waals surface area (Å²) >= 11 is 1.52. The van der Waals surface area contributed by atoms with Crippen LogP contribution in [0.5, 0.6) is 0 Å². The minimum atomic E-state index is 0.0272. The lowest BCUT2D eigenvalue weighted by molar-refractivity contribution is 0.0781. The van der Waals surface area contributed by atoms with E-state index < -0.39 is 0 Å². The fourth-order valence-corrected chi connectivity index (χ4v) is 4.34. The van der Waals surface area contributed by atoms with Crippen molar-refractivity contribution in [1.82, 2.24) is 15.1 Å². The maximum atomic E-state index is 12.4. The molecule has 1 unspecified atom stereocenters. The Hall–Kier alpha value is -1.56. The number of thiophene rings is 1. The van der Waals surface area contributed by atoms with Crippen molar-refractivity contribution in [3.05, 3.63) is 22.4 Å². The van der Waals surface area contributed by atoms with E-state index in [1.807, 2.05) is 27.3 Å². The number of hydrogen-bond acceptors (Lipinski definition) is 3. The Morgan fingerprint density at radius 1 is 1.14 bits per heavy atom. The van der Waals surface area contributed by atoms with E-state index in [0.717, 1.165) is 50.3 Å². The van der Waals surface area contributed by atoms with Crippen LogP contribution in [0, 0.1) is 11.8 Å². The van der Waals surface area contributed by atoms with Crippen LogP contribution < -0.4 is 5.32 Å². The Labute approximate surface area is 135 Å². The zero-order chi connectivity index (χ0) is 15.5. The second kappa shape index (κ2) is 6.69. The van der Waals surface area contributed by atoms with E-state index in [0.29, 0.717) is 11.8 Å². The highest BCUT2D eigenvalue weighted by Gasteiger charge is 2.34. The first kappa shape index (κ1) is 15.3. The standard InChI is InChI=1S/C16H23N3O2S/c1-17-16(21)18-7-4-12(5-8-18)13-6-9-19(11-13)15(20)14-3-2-10-22-14/h2-3,10,12-13H,4-9,11H2,1H3,(H,17,21). The molecule has 0 radical (unpaired) electrons. The molecule has 1 aromatic rings. The molecule has 22 heavy (non-hydrogen) atoms. The van der Waals surface area contributed by atoms with Gasteiger partial charge in [0.1, 0.15) is 0 Å². The first-order valence-electron chi connectivity index (χ1n) is 7.98. The van der Waals surface area contributed by atoms with E-state index in [1.54, 1.807) is 7.05 Å². The number of piperidine rings is 1. The van der Waals surface area contributed by atoms with Crippen molar-refractivity contribution < 1.29 is 9.59 Å². The summed E-state index contributed by atoms with van der Waals surface area (Å²) in [6.45, 7) is 3.41. The van der Waals surface area contributed by atoms with Crippen LogP contribution in [0.15, 0.2) is 17.5 Å². The van der Waals surface area contributed by atoms with Gasteiger partial charge in [-0.1, -0.05) is 6.07 Å². The van der Waals surface area contributed by atoms with Gasteiger partial charge in [-0.25, -0.2) is 4.79 Å². The van der Waals surface area contributed by atoms with Gasteiger partial charge in [0.25, 0.3) is 5.91 Å². The largest absolute Gasteiger partial charge is 0.341 e. The number of carbonyl (C=O) groups is 2. The van der Waals surface area contributed by atoms with Crippen molar-refractivity contribution >= 4 is 23.3 Å². The maximum Gasteiger partial charge on any atom is 0.317 e. The van der Waals surface area contributed by atoms with Gasteiger partial charge in [0.15, 0.2) is 0 Å². The molecule has 0 saturated carbocycles. The number of rotatable bonds is 2. The van der Waals surface area contributed by atoms with Crippen molar-refractivity contribution in [2.75, 3.05) is 33.2 Å². The molecule has 1 N–H and O–H groups in total. The van der Waals surface area contributed by atoms with Crippen LogP contribution >= 0.6 is 11.3 Å². The Balaban J connectivity index is 1.51. The minimum Gasteiger partial charge on any atom is -0.341 e. The second-order valence-electron chi connectivity index (χ2n) is 6.16. The number of urea groups is 1. The molecule has 2 fully saturated rings. The third-order valence-electron chi connectivity index (χ3n) is 4.95. The third kappa shape index (κ3) is 3.11. The fourth-order valence-electron chi connectivity index (χ4n) is 3.64. The highest BCUT2D eigenvalue weighted by atomic mass is 32.1. The number of likely N-dealkylation sites (tertiary alicyclic amines) is 2. The topological polar surface area (TPSA) is 52.7 Å². The van der Waals surface area contributed by atoms with Crippen molar-refractivity contribution in [2.45, 2.75) is 19.3 Å². The summed E-state index contributed by atoms with van der Waals surface area (Å²) in [5, 5.41) is 4.65. The number of nitrogens with one attached hydrogen (secondary N) is 1. The summed E-state index contributed by atoms with van der Waals surface area (Å²) in [5.41, 5.74) is 0. The van der Waals surface area contributed by atoms with Crippen LogP contribution in [-0.4, -0.2) is 55.0 Å². The average Bonchev–Trinajstić information content (AvgIpc) is 3.25. The number of amides is 3. The molecule has 6 heteroatoms. The molecule has 2 aliphatic heterocycles. The molecule has 1 aromatic heterocycles. The van der Waals surface area contributed by atoms with Crippen molar-refractivity contribution in [3.63, 3.8) is 0 Å². The lowest BCUT2D eigenvalue weighted by Crippen LogP contribution is -2.44. The Bertz CT molecular complexity index is 524. The van der Waals surface area contributed by atoms with Gasteiger partial charge in [-0.05, 0) is 42.5 Å². The Kier molecular flexibility index (Phi) is 4.66. The molecule has 2 saturated heterocycles. The quantitative estimate of drug-likeness (QED) is 0.908. The van der Waals surface area contributed by atoms with Crippen molar-refractivity contribution in [3.8, 4) is 0 Å². The molecule has 0 bridgehead atoms. The molecule has 3 rings (SSSR count). The highest BCUT2D eigenvalue weighted by Crippen LogP contribution is 2.32. The van der Waals surface area contributed by atoms with Crippen LogP contribution in [0.1, 0.15) is 28.9 Å². The van der Waals surface area contributed by atoms with Gasteiger partial charge in [-0.2, -0.15) is 0 Å². The van der Waals surface area contributed by atoms with E-state index in [-0.39, 0.29) is 11.9 Å². The normalized spacial score (nSPS) is 22.9. The van der Waals surface area contributed by atoms with E-state index in [9.17, 15) is 9.59 Å². The predicted octanol–water partition coefficient (Wildman–Crippen LogP) is 2.26. The molecule has 0 spiro atoms. The molecule has 0 aliphatic carbocycles. The van der Waals surface area contributed by atoms with E-state index in [1.165, 1.54) is 11.3 Å². The zero-order valence-corrected chi connectivity index (χ0v) is 13.8. The molecule has 0 aromatic carbocycles. The van der Waals surface area contributed by atoms with E-state index in [2.05, 4.69) is 5.32 Å². The summed E-state index contributed by atoms with van der Waals surface area (Å²) < 4.78 is 0. The van der Waals surface area contributed by atoms with Gasteiger partial charge < -0.3 is 15.1 Å². The first-order chi connectivity index (χ1) is 10.7. The lowest BCUT2D eigenvalue weighted by atomic mass is 9.84. The zero-order valence-electron chi connectivity index (χ0n) is 13.0. The van der Waals surface area contributed by atoms with E-state index in [4.69, 9.17) is 0 Å². The number of nitrogens with zero attached hydrogens (tertiary/aromatic N) is 2. The fraction of sp³-hybridized carbons (Fsp3) is 0.625. The molecule has 3 amide bonds. The lowest BCUT2D eigenvalue weighted by Gasteiger charge is -2.34. The summed E-state index contributed by atoms with van der Waals surface area (Å²) in [4.78, 5) is 28.8. The Morgan fingerprint density at radius 2 is 1.82 bits per heavy atom. The highest BCUT2D eigenvalue weighted by molar-refractivity contribution is 7.12. The molecule has 120 valence electrons. The van der Waals surface area contributed by atoms with Crippen molar-refractivity contribution in [1.29, 1.82) is 0 Å². The van der Waals surface area contributed by atoms with Crippen molar-refractivity contribution in [2.24, 2.45) is 11.8 Å². The number of carbonyl (C=O) groups excluding carboxylic acids is 2. The second-order valence-corrected chi connectivity index (χ2v) is 7.10. The average molecular weight is 321 g/mol. The molecule has 5 nitrogen and oxygen atoms in total. The summed E-state index contributed by atoms with van der Waals surface area (Å²) in [7, 11) is 1.68. The molecule has 2 aliphatic rings. The van der Waals surface area contributed by atoms with Crippen LogP contribution in [-0.2, 0) is 0 Å². The van der Waals surface area contributed by atoms with Gasteiger partial charge in [0, 0.05) is 33.2 Å². The molecular formula is C16H23N3O2S. The van der Waals surface area contributed by atoms with E-state index >= 15 is 0 Å². The van der Waals surface area contributed by atoms with Gasteiger partial charge >= 0.3 is 6.03 Å². The summed E-state index contributed by atoms with van der Waals surface area (Å²) in [6, 6.07) is 3.86. The van der Waals surface area contributed by atoms with Gasteiger partial charge in [-0.3, -0.25) is 4.79 Å². The summed E-state index contributed by atoms with van der Waals surface area (Å²) in [6.07, 6.45) is 3.21. The third-order valence-corrected chi connectivity index (χ3v) is 5.81. The predicted molar refractivity (Wildman–Crippen MR) is 87.1 cm³/mol. The number of hydrogen-bond donors (Lipinski definition) is 1. The summed E-state index contributed by atoms with van der Waals surface area (Å²) in [5.74, 6) is 1.41. The van der Waals surface area contributed by atoms with Crippen LogP contribution in [0.2, 0.25) is 0 Å².